The number of hydrogen-bond donors (Lipinski definition) is 2. The summed E-state index contributed by atoms with van der Waals surface area (Å²) in [4.78, 5) is 24.7. The van der Waals surface area contributed by atoms with Gasteiger partial charge in [0.2, 0.25) is 0 Å². The molecule has 25 heavy (non-hydrogen) atoms. The van der Waals surface area contributed by atoms with Crippen molar-refractivity contribution >= 4 is 40.6 Å². The molecule has 0 bridgehead atoms. The van der Waals surface area contributed by atoms with Crippen LogP contribution in [0.2, 0.25) is 10.0 Å². The van der Waals surface area contributed by atoms with Gasteiger partial charge in [0.25, 0.3) is 0 Å². The first-order valence-electron chi connectivity index (χ1n) is 7.59. The van der Waals surface area contributed by atoms with Crippen molar-refractivity contribution in [2.75, 3.05) is 11.9 Å². The van der Waals surface area contributed by atoms with Gasteiger partial charge in [-0.2, -0.15) is 0 Å². The zero-order valence-corrected chi connectivity index (χ0v) is 14.9. The van der Waals surface area contributed by atoms with E-state index in [-0.39, 0.29) is 11.6 Å². The lowest BCUT2D eigenvalue weighted by molar-refractivity contribution is -0.145. The zero-order chi connectivity index (χ0) is 18.4. The smallest absolute Gasteiger partial charge is 0.331 e. The number of rotatable bonds is 7. The van der Waals surface area contributed by atoms with Gasteiger partial charge in [-0.3, -0.25) is 4.79 Å². The number of carbonyl (C=O) groups excluding carboxylic acids is 2. The highest BCUT2D eigenvalue weighted by molar-refractivity contribution is 6.42. The summed E-state index contributed by atoms with van der Waals surface area (Å²) in [5, 5.41) is 13.9. The van der Waals surface area contributed by atoms with E-state index in [0.29, 0.717) is 16.3 Å². The summed E-state index contributed by atoms with van der Waals surface area (Å²) in [7, 11) is 0. The molecule has 2 unspecified atom stereocenters. The summed E-state index contributed by atoms with van der Waals surface area (Å²) in [5.41, 5.74) is 0.715. The quantitative estimate of drug-likeness (QED) is 0.566. The van der Waals surface area contributed by atoms with E-state index in [1.165, 1.54) is 6.07 Å². The Morgan fingerprint density at radius 1 is 1.12 bits per heavy atom. The third kappa shape index (κ3) is 4.95. The number of carbonyl (C=O) groups is 2. The van der Waals surface area contributed by atoms with Crippen LogP contribution in [0.4, 0.5) is 5.69 Å². The van der Waals surface area contributed by atoms with Gasteiger partial charge in [0.1, 0.15) is 6.10 Å². The topological polar surface area (TPSA) is 75.6 Å². The fourth-order valence-corrected chi connectivity index (χ4v) is 2.49. The number of aliphatic hydroxyl groups excluding tert-OH is 1. The summed E-state index contributed by atoms with van der Waals surface area (Å²) in [6, 6.07) is 11.6. The average molecular weight is 382 g/mol. The van der Waals surface area contributed by atoms with E-state index in [1.807, 2.05) is 0 Å². The third-order valence-electron chi connectivity index (χ3n) is 3.42. The third-order valence-corrected chi connectivity index (χ3v) is 4.16. The van der Waals surface area contributed by atoms with E-state index in [2.05, 4.69) is 5.32 Å². The minimum absolute atomic E-state index is 0.116. The molecule has 0 fully saturated rings. The molecule has 0 saturated heterocycles. The summed E-state index contributed by atoms with van der Waals surface area (Å²) in [5.74, 6) is -1.34. The largest absolute Gasteiger partial charge is 0.464 e. The summed E-state index contributed by atoms with van der Waals surface area (Å²) in [6.45, 7) is 1.75. The number of esters is 1. The minimum Gasteiger partial charge on any atom is -0.464 e. The molecule has 2 atom stereocenters. The van der Waals surface area contributed by atoms with Gasteiger partial charge in [-0.05, 0) is 25.1 Å². The van der Waals surface area contributed by atoms with Crippen molar-refractivity contribution in [3.63, 3.8) is 0 Å². The fraction of sp³-hybridized carbons (Fsp3) is 0.222. The zero-order valence-electron chi connectivity index (χ0n) is 13.4. The molecule has 2 N–H and O–H groups in total. The maximum Gasteiger partial charge on any atom is 0.331 e. The Morgan fingerprint density at radius 3 is 2.40 bits per heavy atom. The first kappa shape index (κ1) is 19.2. The Bertz CT molecular complexity index is 752. The van der Waals surface area contributed by atoms with Gasteiger partial charge in [0, 0.05) is 11.3 Å². The molecule has 0 aliphatic carbocycles. The molecule has 0 aromatic heterocycles. The van der Waals surface area contributed by atoms with Crippen molar-refractivity contribution in [1.29, 1.82) is 0 Å². The van der Waals surface area contributed by atoms with Crippen LogP contribution in [0.25, 0.3) is 0 Å². The highest BCUT2D eigenvalue weighted by Crippen LogP contribution is 2.26. The maximum atomic E-state index is 12.5. The van der Waals surface area contributed by atoms with Crippen LogP contribution < -0.4 is 5.32 Å². The van der Waals surface area contributed by atoms with Crippen molar-refractivity contribution in [3.8, 4) is 0 Å². The molecule has 0 radical (unpaired) electrons. The van der Waals surface area contributed by atoms with Crippen molar-refractivity contribution in [2.45, 2.75) is 19.1 Å². The van der Waals surface area contributed by atoms with Gasteiger partial charge in [-0.25, -0.2) is 4.79 Å². The lowest BCUT2D eigenvalue weighted by Gasteiger charge is -2.23. The number of nitrogens with one attached hydrogen (secondary N) is 1. The van der Waals surface area contributed by atoms with Crippen LogP contribution >= 0.6 is 23.2 Å². The van der Waals surface area contributed by atoms with E-state index < -0.39 is 23.9 Å². The predicted octanol–water partition coefficient (Wildman–Crippen LogP) is 3.58. The molecule has 0 amide bonds. The molecular formula is C18H17Cl2NO4. The van der Waals surface area contributed by atoms with Gasteiger partial charge in [0.05, 0.1) is 16.7 Å². The van der Waals surface area contributed by atoms with Crippen LogP contribution in [0, 0.1) is 0 Å². The predicted molar refractivity (Wildman–Crippen MR) is 97.3 cm³/mol. The molecule has 5 nitrogen and oxygen atoms in total. The van der Waals surface area contributed by atoms with E-state index in [1.54, 1.807) is 49.4 Å². The van der Waals surface area contributed by atoms with Crippen molar-refractivity contribution < 1.29 is 19.4 Å². The van der Waals surface area contributed by atoms with Crippen LogP contribution in [0.5, 0.6) is 0 Å². The Morgan fingerprint density at radius 2 is 1.80 bits per heavy atom. The number of hydrogen-bond acceptors (Lipinski definition) is 5. The van der Waals surface area contributed by atoms with Crippen LogP contribution in [0.15, 0.2) is 48.5 Å². The average Bonchev–Trinajstić information content (AvgIpc) is 2.62. The molecule has 132 valence electrons. The second kappa shape index (κ2) is 8.85. The first-order chi connectivity index (χ1) is 11.9. The van der Waals surface area contributed by atoms with Crippen molar-refractivity contribution in [3.05, 3.63) is 64.1 Å². The highest BCUT2D eigenvalue weighted by atomic mass is 35.5. The van der Waals surface area contributed by atoms with Gasteiger partial charge < -0.3 is 15.2 Å². The molecule has 0 aliphatic rings. The van der Waals surface area contributed by atoms with E-state index in [0.717, 1.165) is 0 Å². The van der Waals surface area contributed by atoms with Gasteiger partial charge >= 0.3 is 5.97 Å². The molecule has 0 saturated carbocycles. The van der Waals surface area contributed by atoms with E-state index >= 15 is 0 Å². The monoisotopic (exact) mass is 381 g/mol. The van der Waals surface area contributed by atoms with E-state index in [9.17, 15) is 14.7 Å². The van der Waals surface area contributed by atoms with Gasteiger partial charge in [-0.1, -0.05) is 53.5 Å². The molecule has 2 rings (SSSR count). The van der Waals surface area contributed by atoms with Gasteiger partial charge in [-0.15, -0.1) is 0 Å². The van der Waals surface area contributed by atoms with Gasteiger partial charge in [0.15, 0.2) is 11.8 Å². The molecule has 0 spiro atoms. The Kier molecular flexibility index (Phi) is 6.82. The van der Waals surface area contributed by atoms with Crippen LogP contribution in [-0.4, -0.2) is 35.6 Å². The Labute approximate surface area is 155 Å². The molecular weight excluding hydrogens is 365 g/mol. The number of anilines is 1. The van der Waals surface area contributed by atoms with Crippen molar-refractivity contribution in [1.82, 2.24) is 0 Å². The SMILES string of the molecule is CCOC(=O)C(Nc1ccc(Cl)c(Cl)c1)C(O)C(=O)c1ccccc1. The van der Waals surface area contributed by atoms with Crippen molar-refractivity contribution in [2.24, 2.45) is 0 Å². The lowest BCUT2D eigenvalue weighted by atomic mass is 10.00. The number of halogens is 2. The molecule has 2 aromatic carbocycles. The Balaban J connectivity index is 2.27. The highest BCUT2D eigenvalue weighted by Gasteiger charge is 2.34. The molecule has 2 aromatic rings. The number of benzene rings is 2. The normalized spacial score (nSPS) is 13.0. The number of ether oxygens (including phenoxy) is 1. The number of ketones is 1. The summed E-state index contributed by atoms with van der Waals surface area (Å²) in [6.07, 6.45) is -1.63. The summed E-state index contributed by atoms with van der Waals surface area (Å²) < 4.78 is 4.96. The second-order valence-electron chi connectivity index (χ2n) is 5.18. The second-order valence-corrected chi connectivity index (χ2v) is 5.99. The maximum absolute atomic E-state index is 12.5. The lowest BCUT2D eigenvalue weighted by Crippen LogP contribution is -2.46. The van der Waals surface area contributed by atoms with Crippen LogP contribution in [0.1, 0.15) is 17.3 Å². The summed E-state index contributed by atoms with van der Waals surface area (Å²) >= 11 is 11.8. The fourth-order valence-electron chi connectivity index (χ4n) is 2.19. The molecule has 7 heteroatoms. The number of Topliss-reactive ketones (excluding diaryl/α,β-unsaturated/α-hetero) is 1. The minimum atomic E-state index is -1.63. The standard InChI is InChI=1S/C18H17Cl2NO4/c1-2-25-18(24)15(21-12-8-9-13(19)14(20)10-12)17(23)16(22)11-6-4-3-5-7-11/h3-10,15,17,21,23H,2H2,1H3. The Hall–Kier alpha value is -2.08. The van der Waals surface area contributed by atoms with Crippen LogP contribution in [0.3, 0.4) is 0 Å². The molecule has 0 heterocycles. The van der Waals surface area contributed by atoms with Crippen LogP contribution in [-0.2, 0) is 9.53 Å². The molecule has 0 aliphatic heterocycles. The first-order valence-corrected chi connectivity index (χ1v) is 8.35. The number of aliphatic hydroxyl groups is 1. The van der Waals surface area contributed by atoms with E-state index in [4.69, 9.17) is 27.9 Å².